The van der Waals surface area contributed by atoms with Gasteiger partial charge in [0.15, 0.2) is 0 Å². The Kier molecular flexibility index (Phi) is 8.83. The molecule has 0 saturated carbocycles. The monoisotopic (exact) mass is 453 g/mol. The van der Waals surface area contributed by atoms with E-state index in [2.05, 4.69) is 9.97 Å². The van der Waals surface area contributed by atoms with Crippen LogP contribution in [0.15, 0.2) is 42.6 Å². The van der Waals surface area contributed by atoms with Gasteiger partial charge in [-0.05, 0) is 36.4 Å². The van der Waals surface area contributed by atoms with Crippen molar-refractivity contribution in [1.29, 1.82) is 0 Å². The van der Waals surface area contributed by atoms with Crippen molar-refractivity contribution in [3.63, 3.8) is 0 Å². The van der Waals surface area contributed by atoms with Gasteiger partial charge in [-0.3, -0.25) is 9.78 Å². The Morgan fingerprint density at radius 1 is 1.18 bits per heavy atom. The maximum Gasteiger partial charge on any atom is 0.508 e. The number of hydrogen-bond acceptors (Lipinski definition) is 9. The molecule has 10 heteroatoms. The zero-order valence-electron chi connectivity index (χ0n) is 19.0. The average molecular weight is 453 g/mol. The molecule has 0 N–H and O–H groups in total. The summed E-state index contributed by atoms with van der Waals surface area (Å²) < 4.78 is 21.2. The highest BCUT2D eigenvalue weighted by Crippen LogP contribution is 2.22. The van der Waals surface area contributed by atoms with Gasteiger partial charge in [-0.2, -0.15) is 0 Å². The molecule has 1 aliphatic rings. The number of esters is 1. The highest BCUT2D eigenvalue weighted by molar-refractivity contribution is 6.11. The predicted molar refractivity (Wildman–Crippen MR) is 125 cm³/mol. The van der Waals surface area contributed by atoms with Crippen molar-refractivity contribution >= 4 is 37.9 Å². The lowest BCUT2D eigenvalue weighted by atomic mass is 9.96. The molecule has 3 rings (SSSR count). The van der Waals surface area contributed by atoms with Gasteiger partial charge < -0.3 is 23.8 Å². The number of carbonyl (C=O) groups excluding carboxylic acids is 2. The number of ether oxygens (including phenoxy) is 4. The third-order valence-corrected chi connectivity index (χ3v) is 4.98. The minimum Gasteiger partial charge on any atom is -0.460 e. The van der Waals surface area contributed by atoms with Crippen LogP contribution in [0, 0.1) is 0 Å². The van der Waals surface area contributed by atoms with Crippen LogP contribution in [0.5, 0.6) is 0 Å². The highest BCUT2D eigenvalue weighted by atomic mass is 16.7. The van der Waals surface area contributed by atoms with E-state index < -0.39 is 24.3 Å². The van der Waals surface area contributed by atoms with Gasteiger partial charge in [0.2, 0.25) is 0 Å². The van der Waals surface area contributed by atoms with Crippen LogP contribution in [0.4, 0.5) is 10.6 Å². The number of anilines is 1. The lowest BCUT2D eigenvalue weighted by molar-refractivity contribution is -0.150. The second kappa shape index (κ2) is 12.0. The predicted octanol–water partition coefficient (Wildman–Crippen LogP) is 1.92. The first-order valence-electron chi connectivity index (χ1n) is 10.8. The summed E-state index contributed by atoms with van der Waals surface area (Å²) >= 11 is 0. The van der Waals surface area contributed by atoms with Crippen LogP contribution in [0.3, 0.4) is 0 Å². The molecule has 33 heavy (non-hydrogen) atoms. The molecule has 3 atom stereocenters. The third kappa shape index (κ3) is 7.91. The minimum atomic E-state index is -0.798. The Morgan fingerprint density at radius 2 is 1.97 bits per heavy atom. The summed E-state index contributed by atoms with van der Waals surface area (Å²) in [5.74, 6) is 0.353. The summed E-state index contributed by atoms with van der Waals surface area (Å²) in [5, 5.41) is 0. The quantitative estimate of drug-likeness (QED) is 0.416. The van der Waals surface area contributed by atoms with Gasteiger partial charge in [0, 0.05) is 32.6 Å². The number of hydrogen-bond donors (Lipinski definition) is 0. The Balaban J connectivity index is 1.41. The van der Waals surface area contributed by atoms with E-state index in [0.29, 0.717) is 13.0 Å². The SMILES string of the molecule is B[C@H]1C[C@@H](OC(C)=O)[C@@H](COC(=O)OCCN(C)c2cccc(/C=C/c3ccccn3)n2)O1. The molecule has 1 fully saturated rings. The molecular formula is C23H28BN3O6. The molecule has 1 aliphatic heterocycles. The van der Waals surface area contributed by atoms with Crippen LogP contribution in [0.2, 0.25) is 0 Å². The van der Waals surface area contributed by atoms with Gasteiger partial charge in [-0.25, -0.2) is 9.78 Å². The molecular weight excluding hydrogens is 425 g/mol. The molecule has 9 nitrogen and oxygen atoms in total. The molecule has 0 aliphatic carbocycles. The molecule has 174 valence electrons. The van der Waals surface area contributed by atoms with E-state index in [9.17, 15) is 9.59 Å². The van der Waals surface area contributed by atoms with E-state index in [4.69, 9.17) is 18.9 Å². The van der Waals surface area contributed by atoms with E-state index in [1.165, 1.54) is 6.92 Å². The van der Waals surface area contributed by atoms with E-state index in [-0.39, 0.29) is 19.2 Å². The van der Waals surface area contributed by atoms with Crippen LogP contribution in [0.25, 0.3) is 12.2 Å². The van der Waals surface area contributed by atoms with Crippen LogP contribution in [-0.4, -0.2) is 75.0 Å². The number of likely N-dealkylation sites (N-methyl/N-ethyl adjacent to an activating group) is 1. The lowest BCUT2D eigenvalue weighted by Crippen LogP contribution is -2.32. The Bertz CT molecular complexity index is 958. The summed E-state index contributed by atoms with van der Waals surface area (Å²) in [7, 11) is 3.74. The number of pyridine rings is 2. The molecule has 1 saturated heterocycles. The molecule has 0 unspecified atom stereocenters. The van der Waals surface area contributed by atoms with E-state index in [1.54, 1.807) is 6.20 Å². The summed E-state index contributed by atoms with van der Waals surface area (Å²) in [4.78, 5) is 33.9. The van der Waals surface area contributed by atoms with Gasteiger partial charge in [0.1, 0.15) is 39.1 Å². The van der Waals surface area contributed by atoms with Crippen LogP contribution >= 0.6 is 0 Å². The fourth-order valence-electron chi connectivity index (χ4n) is 3.37. The highest BCUT2D eigenvalue weighted by Gasteiger charge is 2.36. The first-order valence-corrected chi connectivity index (χ1v) is 10.8. The van der Waals surface area contributed by atoms with Crippen molar-refractivity contribution in [3.8, 4) is 0 Å². The minimum absolute atomic E-state index is 0.0385. The zero-order valence-corrected chi connectivity index (χ0v) is 19.0. The summed E-state index contributed by atoms with van der Waals surface area (Å²) in [6.07, 6.45) is 4.37. The second-order valence-corrected chi connectivity index (χ2v) is 7.71. The summed E-state index contributed by atoms with van der Waals surface area (Å²) in [5.41, 5.74) is 1.64. The number of aromatic nitrogens is 2. The fourth-order valence-corrected chi connectivity index (χ4v) is 3.37. The van der Waals surface area contributed by atoms with Crippen LogP contribution in [-0.2, 0) is 23.7 Å². The number of rotatable bonds is 9. The molecule has 0 bridgehead atoms. The van der Waals surface area contributed by atoms with Gasteiger partial charge in [-0.1, -0.05) is 12.1 Å². The Labute approximate surface area is 194 Å². The zero-order chi connectivity index (χ0) is 23.6. The molecule has 0 aromatic carbocycles. The van der Waals surface area contributed by atoms with Crippen molar-refractivity contribution < 1.29 is 28.5 Å². The lowest BCUT2D eigenvalue weighted by Gasteiger charge is -2.19. The van der Waals surface area contributed by atoms with Gasteiger partial charge in [-0.15, -0.1) is 0 Å². The number of nitrogens with zero attached hydrogens (tertiary/aromatic N) is 3. The maximum atomic E-state index is 11.9. The maximum absolute atomic E-state index is 11.9. The van der Waals surface area contributed by atoms with E-state index in [0.717, 1.165) is 17.2 Å². The summed E-state index contributed by atoms with van der Waals surface area (Å²) in [6, 6.07) is 11.3. The Morgan fingerprint density at radius 3 is 2.73 bits per heavy atom. The third-order valence-electron chi connectivity index (χ3n) is 4.98. The molecule has 2 aromatic rings. The summed E-state index contributed by atoms with van der Waals surface area (Å²) in [6.45, 7) is 1.86. The normalized spacial score (nSPS) is 19.9. The van der Waals surface area contributed by atoms with Crippen molar-refractivity contribution in [2.24, 2.45) is 0 Å². The molecule has 0 radical (unpaired) electrons. The Hall–Kier alpha value is -3.40. The van der Waals surface area contributed by atoms with Gasteiger partial charge in [0.05, 0.1) is 17.9 Å². The number of carbonyl (C=O) groups is 2. The first-order chi connectivity index (χ1) is 15.9. The molecule has 3 heterocycles. The van der Waals surface area contributed by atoms with Crippen molar-refractivity contribution in [2.75, 3.05) is 31.7 Å². The van der Waals surface area contributed by atoms with Gasteiger partial charge >= 0.3 is 12.1 Å². The van der Waals surface area contributed by atoms with Crippen molar-refractivity contribution in [3.05, 3.63) is 54.0 Å². The fraction of sp³-hybridized carbons (Fsp3) is 0.391. The van der Waals surface area contributed by atoms with E-state index >= 15 is 0 Å². The van der Waals surface area contributed by atoms with Crippen LogP contribution in [0.1, 0.15) is 24.7 Å². The topological polar surface area (TPSA) is 100 Å². The largest absolute Gasteiger partial charge is 0.508 e. The van der Waals surface area contributed by atoms with Crippen LogP contribution < -0.4 is 4.90 Å². The smallest absolute Gasteiger partial charge is 0.460 e. The second-order valence-electron chi connectivity index (χ2n) is 7.71. The molecule has 0 spiro atoms. The average Bonchev–Trinajstić information content (AvgIpc) is 3.15. The van der Waals surface area contributed by atoms with Crippen molar-refractivity contribution in [2.45, 2.75) is 31.6 Å². The molecule has 0 amide bonds. The van der Waals surface area contributed by atoms with Crippen molar-refractivity contribution in [1.82, 2.24) is 9.97 Å². The van der Waals surface area contributed by atoms with Gasteiger partial charge in [0.25, 0.3) is 0 Å². The first kappa shape index (κ1) is 24.3. The van der Waals surface area contributed by atoms with E-state index in [1.807, 2.05) is 68.3 Å². The standard InChI is InChI=1S/C23H28BN3O6/c1-16(28)32-19-14-21(24)33-20(19)15-31-23(29)30-13-12-27(2)22-8-5-7-18(26-22)10-9-17-6-3-4-11-25-17/h3-11,19-21H,12-15,24H2,1-2H3/b10-9+/t19-,20-,21-/m1/s1. The molecule has 2 aromatic heterocycles.